The number of unbranched alkanes of at least 4 members (excludes halogenated alkanes) is 2. The Labute approximate surface area is 118 Å². The van der Waals surface area contributed by atoms with Gasteiger partial charge in [0.2, 0.25) is 0 Å². The zero-order chi connectivity index (χ0) is 13.5. The van der Waals surface area contributed by atoms with E-state index in [1.807, 2.05) is 0 Å². The molecule has 1 heterocycles. The van der Waals surface area contributed by atoms with E-state index in [0.717, 1.165) is 19.3 Å². The summed E-state index contributed by atoms with van der Waals surface area (Å²) in [6.07, 6.45) is 2.97. The number of alkyl halides is 1. The molecule has 0 atom stereocenters. The van der Waals surface area contributed by atoms with Crippen molar-refractivity contribution in [2.75, 3.05) is 25.6 Å². The van der Waals surface area contributed by atoms with Gasteiger partial charge in [-0.15, -0.1) is 11.6 Å². The van der Waals surface area contributed by atoms with Crippen LogP contribution < -0.4 is 14.8 Å². The number of amides is 1. The first kappa shape index (κ1) is 14.0. The lowest BCUT2D eigenvalue weighted by Crippen LogP contribution is -2.25. The second-order valence-corrected chi connectivity index (χ2v) is 4.74. The highest BCUT2D eigenvalue weighted by Gasteiger charge is 2.14. The highest BCUT2D eigenvalue weighted by atomic mass is 35.5. The SMILES string of the molecule is O=C(NCCCCCCl)c1ccc2c(c1)OCCO2. The van der Waals surface area contributed by atoms with Crippen molar-refractivity contribution in [3.05, 3.63) is 23.8 Å². The number of carbonyl (C=O) groups excluding carboxylic acids is 1. The first-order chi connectivity index (χ1) is 9.31. The van der Waals surface area contributed by atoms with Crippen LogP contribution in [0.3, 0.4) is 0 Å². The van der Waals surface area contributed by atoms with Gasteiger partial charge in [0.1, 0.15) is 13.2 Å². The maximum atomic E-state index is 11.9. The number of benzene rings is 1. The van der Waals surface area contributed by atoms with Crippen molar-refractivity contribution in [2.45, 2.75) is 19.3 Å². The van der Waals surface area contributed by atoms with Crippen LogP contribution in [0.2, 0.25) is 0 Å². The molecule has 1 N–H and O–H groups in total. The van der Waals surface area contributed by atoms with E-state index in [4.69, 9.17) is 21.1 Å². The quantitative estimate of drug-likeness (QED) is 0.645. The lowest BCUT2D eigenvalue weighted by Gasteiger charge is -2.18. The van der Waals surface area contributed by atoms with Crippen molar-refractivity contribution in [1.82, 2.24) is 5.32 Å². The average Bonchev–Trinajstić information content (AvgIpc) is 2.46. The maximum absolute atomic E-state index is 11.9. The van der Waals surface area contributed by atoms with Crippen LogP contribution in [0.15, 0.2) is 18.2 Å². The molecule has 0 aliphatic carbocycles. The van der Waals surface area contributed by atoms with Crippen LogP contribution in [-0.2, 0) is 0 Å². The Balaban J connectivity index is 1.85. The molecule has 1 aromatic carbocycles. The van der Waals surface area contributed by atoms with Gasteiger partial charge in [0.25, 0.3) is 5.91 Å². The highest BCUT2D eigenvalue weighted by Crippen LogP contribution is 2.30. The number of fused-ring (bicyclic) bond motifs is 1. The third-order valence-corrected chi connectivity index (χ3v) is 3.17. The van der Waals surface area contributed by atoms with Crippen molar-refractivity contribution in [2.24, 2.45) is 0 Å². The Morgan fingerprint density at radius 1 is 1.16 bits per heavy atom. The predicted octanol–water partition coefficient (Wildman–Crippen LogP) is 2.60. The number of rotatable bonds is 6. The molecule has 104 valence electrons. The fourth-order valence-corrected chi connectivity index (χ4v) is 2.07. The molecule has 1 aromatic rings. The Bertz CT molecular complexity index is 437. The zero-order valence-corrected chi connectivity index (χ0v) is 11.5. The van der Waals surface area contributed by atoms with E-state index in [1.54, 1.807) is 18.2 Å². The van der Waals surface area contributed by atoms with Gasteiger partial charge in [-0.05, 0) is 31.0 Å². The number of hydrogen-bond acceptors (Lipinski definition) is 3. The minimum atomic E-state index is -0.0807. The van der Waals surface area contributed by atoms with Crippen LogP contribution in [0, 0.1) is 0 Å². The Morgan fingerprint density at radius 2 is 1.95 bits per heavy atom. The molecule has 0 spiro atoms. The van der Waals surface area contributed by atoms with Crippen molar-refractivity contribution in [3.8, 4) is 11.5 Å². The monoisotopic (exact) mass is 283 g/mol. The van der Waals surface area contributed by atoms with Crippen LogP contribution in [-0.4, -0.2) is 31.5 Å². The number of ether oxygens (including phenoxy) is 2. The predicted molar refractivity (Wildman–Crippen MR) is 74.3 cm³/mol. The second kappa shape index (κ2) is 7.24. The van der Waals surface area contributed by atoms with Crippen molar-refractivity contribution < 1.29 is 14.3 Å². The van der Waals surface area contributed by atoms with E-state index < -0.39 is 0 Å². The van der Waals surface area contributed by atoms with Crippen LogP contribution in [0.5, 0.6) is 11.5 Å². The standard InChI is InChI=1S/C14H18ClNO3/c15-6-2-1-3-7-16-14(17)11-4-5-12-13(10-11)19-9-8-18-12/h4-5,10H,1-3,6-9H2,(H,16,17). The van der Waals surface area contributed by atoms with Crippen molar-refractivity contribution >= 4 is 17.5 Å². The molecule has 1 aliphatic heterocycles. The summed E-state index contributed by atoms with van der Waals surface area (Å²) in [5, 5.41) is 2.89. The molecule has 19 heavy (non-hydrogen) atoms. The molecular weight excluding hydrogens is 266 g/mol. The summed E-state index contributed by atoms with van der Waals surface area (Å²) in [5.41, 5.74) is 0.599. The van der Waals surface area contributed by atoms with Gasteiger partial charge >= 0.3 is 0 Å². The molecule has 1 amide bonds. The Morgan fingerprint density at radius 3 is 2.74 bits per heavy atom. The first-order valence-corrected chi connectivity index (χ1v) is 7.08. The second-order valence-electron chi connectivity index (χ2n) is 4.36. The number of halogens is 1. The molecule has 0 saturated heterocycles. The van der Waals surface area contributed by atoms with Crippen molar-refractivity contribution in [1.29, 1.82) is 0 Å². The first-order valence-electron chi connectivity index (χ1n) is 6.55. The molecule has 1 aliphatic rings. The molecule has 0 fully saturated rings. The van der Waals surface area contributed by atoms with E-state index >= 15 is 0 Å². The molecule has 0 bridgehead atoms. The van der Waals surface area contributed by atoms with E-state index in [9.17, 15) is 4.79 Å². The molecule has 0 saturated carbocycles. The molecular formula is C14H18ClNO3. The fraction of sp³-hybridized carbons (Fsp3) is 0.500. The van der Waals surface area contributed by atoms with Gasteiger partial charge in [0, 0.05) is 18.0 Å². The molecule has 5 heteroatoms. The molecule has 0 aromatic heterocycles. The lowest BCUT2D eigenvalue weighted by molar-refractivity contribution is 0.0951. The third-order valence-electron chi connectivity index (χ3n) is 2.90. The minimum absolute atomic E-state index is 0.0807. The summed E-state index contributed by atoms with van der Waals surface area (Å²) in [7, 11) is 0. The van der Waals surface area contributed by atoms with Gasteiger partial charge in [-0.2, -0.15) is 0 Å². The van der Waals surface area contributed by atoms with Crippen LogP contribution >= 0.6 is 11.6 Å². The zero-order valence-electron chi connectivity index (χ0n) is 10.8. The minimum Gasteiger partial charge on any atom is -0.486 e. The number of hydrogen-bond donors (Lipinski definition) is 1. The smallest absolute Gasteiger partial charge is 0.251 e. The van der Waals surface area contributed by atoms with E-state index in [0.29, 0.717) is 42.7 Å². The third kappa shape index (κ3) is 4.03. The van der Waals surface area contributed by atoms with Crippen LogP contribution in [0.1, 0.15) is 29.6 Å². The van der Waals surface area contributed by atoms with E-state index in [2.05, 4.69) is 5.32 Å². The van der Waals surface area contributed by atoms with Crippen LogP contribution in [0.25, 0.3) is 0 Å². The summed E-state index contributed by atoms with van der Waals surface area (Å²) >= 11 is 5.59. The maximum Gasteiger partial charge on any atom is 0.251 e. The fourth-order valence-electron chi connectivity index (χ4n) is 1.88. The van der Waals surface area contributed by atoms with Gasteiger partial charge in [-0.3, -0.25) is 4.79 Å². The summed E-state index contributed by atoms with van der Waals surface area (Å²) in [6.45, 7) is 1.75. The van der Waals surface area contributed by atoms with E-state index in [1.165, 1.54) is 0 Å². The van der Waals surface area contributed by atoms with Gasteiger partial charge in [-0.25, -0.2) is 0 Å². The van der Waals surface area contributed by atoms with E-state index in [-0.39, 0.29) is 5.91 Å². The molecule has 4 nitrogen and oxygen atoms in total. The molecule has 2 rings (SSSR count). The lowest BCUT2D eigenvalue weighted by atomic mass is 10.1. The average molecular weight is 284 g/mol. The largest absolute Gasteiger partial charge is 0.486 e. The summed E-state index contributed by atoms with van der Waals surface area (Å²) in [4.78, 5) is 11.9. The van der Waals surface area contributed by atoms with Gasteiger partial charge < -0.3 is 14.8 Å². The van der Waals surface area contributed by atoms with Gasteiger partial charge in [0.05, 0.1) is 0 Å². The van der Waals surface area contributed by atoms with Gasteiger partial charge in [-0.1, -0.05) is 6.42 Å². The summed E-state index contributed by atoms with van der Waals surface area (Å²) in [5.74, 6) is 1.93. The molecule has 0 radical (unpaired) electrons. The Kier molecular flexibility index (Phi) is 5.33. The topological polar surface area (TPSA) is 47.6 Å². The summed E-state index contributed by atoms with van der Waals surface area (Å²) in [6, 6.07) is 5.25. The summed E-state index contributed by atoms with van der Waals surface area (Å²) < 4.78 is 10.9. The highest BCUT2D eigenvalue weighted by molar-refractivity contribution is 6.17. The number of carbonyl (C=O) groups is 1. The van der Waals surface area contributed by atoms with Crippen molar-refractivity contribution in [3.63, 3.8) is 0 Å². The Hall–Kier alpha value is -1.42. The molecule has 0 unspecified atom stereocenters. The number of nitrogens with one attached hydrogen (secondary N) is 1. The van der Waals surface area contributed by atoms with Gasteiger partial charge in [0.15, 0.2) is 11.5 Å². The van der Waals surface area contributed by atoms with Crippen LogP contribution in [0.4, 0.5) is 0 Å². The normalized spacial score (nSPS) is 13.1.